The zero-order valence-corrected chi connectivity index (χ0v) is 14.5. The molecule has 2 aromatic heterocycles. The lowest BCUT2D eigenvalue weighted by Gasteiger charge is -2.23. The Labute approximate surface area is 146 Å². The average molecular weight is 342 g/mol. The molecule has 0 saturated heterocycles. The van der Waals surface area contributed by atoms with Gasteiger partial charge >= 0.3 is 6.03 Å². The average Bonchev–Trinajstić information content (AvgIpc) is 2.90. The van der Waals surface area contributed by atoms with Crippen LogP contribution in [0.1, 0.15) is 28.2 Å². The van der Waals surface area contributed by atoms with Crippen LogP contribution in [0.25, 0.3) is 0 Å². The molecule has 2 aromatic rings. The first-order chi connectivity index (χ1) is 12.0. The van der Waals surface area contributed by atoms with Crippen LogP contribution in [0.3, 0.4) is 0 Å². The Balaban J connectivity index is 1.65. The van der Waals surface area contributed by atoms with Crippen molar-refractivity contribution in [2.45, 2.75) is 26.1 Å². The van der Waals surface area contributed by atoms with Gasteiger partial charge in [-0.2, -0.15) is 5.10 Å². The Bertz CT molecular complexity index is 756. The number of carbonyl (C=O) groups excluding carboxylic acids is 2. The number of pyridine rings is 1. The van der Waals surface area contributed by atoms with Crippen LogP contribution in [0.2, 0.25) is 0 Å². The highest BCUT2D eigenvalue weighted by Gasteiger charge is 2.21. The van der Waals surface area contributed by atoms with Crippen LogP contribution in [0, 0.1) is 0 Å². The van der Waals surface area contributed by atoms with E-state index in [1.165, 1.54) is 0 Å². The number of aromatic nitrogens is 3. The first-order valence-corrected chi connectivity index (χ1v) is 8.24. The Morgan fingerprint density at radius 1 is 1.24 bits per heavy atom. The van der Waals surface area contributed by atoms with Crippen molar-refractivity contribution in [1.82, 2.24) is 29.9 Å². The van der Waals surface area contributed by atoms with Crippen LogP contribution in [-0.4, -0.2) is 57.1 Å². The summed E-state index contributed by atoms with van der Waals surface area (Å²) in [5.41, 5.74) is 2.34. The number of hydrogen-bond donors (Lipinski definition) is 1. The van der Waals surface area contributed by atoms with E-state index < -0.39 is 0 Å². The van der Waals surface area contributed by atoms with Gasteiger partial charge < -0.3 is 15.1 Å². The summed E-state index contributed by atoms with van der Waals surface area (Å²) in [6.07, 6.45) is 4.03. The molecule has 0 aliphatic carbocycles. The molecule has 1 aliphatic rings. The lowest BCUT2D eigenvalue weighted by molar-refractivity contribution is 0.0950. The third-order valence-electron chi connectivity index (χ3n) is 4.09. The second-order valence-corrected chi connectivity index (χ2v) is 6.22. The number of amides is 3. The number of fused-ring (bicyclic) bond motifs is 1. The summed E-state index contributed by atoms with van der Waals surface area (Å²) < 4.78 is 1.93. The van der Waals surface area contributed by atoms with Gasteiger partial charge in [0, 0.05) is 45.1 Å². The maximum absolute atomic E-state index is 12.2. The van der Waals surface area contributed by atoms with E-state index in [-0.39, 0.29) is 11.9 Å². The van der Waals surface area contributed by atoms with E-state index in [9.17, 15) is 9.59 Å². The predicted molar refractivity (Wildman–Crippen MR) is 91.7 cm³/mol. The van der Waals surface area contributed by atoms with Gasteiger partial charge in [-0.15, -0.1) is 0 Å². The molecule has 0 atom stereocenters. The maximum Gasteiger partial charge on any atom is 0.319 e. The van der Waals surface area contributed by atoms with E-state index >= 15 is 0 Å². The summed E-state index contributed by atoms with van der Waals surface area (Å²) in [7, 11) is 3.51. The lowest BCUT2D eigenvalue weighted by atomic mass is 10.2. The van der Waals surface area contributed by atoms with E-state index in [0.717, 1.165) is 24.4 Å². The topological polar surface area (TPSA) is 83.4 Å². The van der Waals surface area contributed by atoms with E-state index in [0.29, 0.717) is 25.2 Å². The Morgan fingerprint density at radius 3 is 2.72 bits per heavy atom. The van der Waals surface area contributed by atoms with Gasteiger partial charge in [0.25, 0.3) is 5.91 Å². The van der Waals surface area contributed by atoms with Crippen LogP contribution in [-0.2, 0) is 19.6 Å². The normalized spacial score (nSPS) is 13.8. The number of nitrogens with one attached hydrogen (secondary N) is 1. The summed E-state index contributed by atoms with van der Waals surface area (Å²) in [6, 6.07) is 5.29. The Kier molecular flexibility index (Phi) is 4.97. The molecule has 1 aliphatic heterocycles. The molecule has 8 nitrogen and oxygen atoms in total. The van der Waals surface area contributed by atoms with Crippen molar-refractivity contribution in [3.05, 3.63) is 47.5 Å². The zero-order valence-electron chi connectivity index (χ0n) is 14.5. The third-order valence-corrected chi connectivity index (χ3v) is 4.09. The van der Waals surface area contributed by atoms with Crippen molar-refractivity contribution < 1.29 is 9.59 Å². The van der Waals surface area contributed by atoms with E-state index in [1.54, 1.807) is 43.5 Å². The SMILES string of the molecule is CN(C)C(=O)N1CCCn2nc(CNC(=O)c3ccncc3)cc2C1. The van der Waals surface area contributed by atoms with Crippen molar-refractivity contribution >= 4 is 11.9 Å². The second kappa shape index (κ2) is 7.33. The van der Waals surface area contributed by atoms with Gasteiger partial charge in [0.1, 0.15) is 0 Å². The molecule has 0 aromatic carbocycles. The molecule has 3 amide bonds. The molecule has 25 heavy (non-hydrogen) atoms. The second-order valence-electron chi connectivity index (χ2n) is 6.22. The Hall–Kier alpha value is -2.90. The number of nitrogens with zero attached hydrogens (tertiary/aromatic N) is 5. The number of hydrogen-bond acceptors (Lipinski definition) is 4. The van der Waals surface area contributed by atoms with Crippen molar-refractivity contribution in [3.63, 3.8) is 0 Å². The van der Waals surface area contributed by atoms with Crippen molar-refractivity contribution in [1.29, 1.82) is 0 Å². The number of aryl methyl sites for hydroxylation is 1. The van der Waals surface area contributed by atoms with Crippen LogP contribution in [0.4, 0.5) is 4.79 Å². The van der Waals surface area contributed by atoms with E-state index in [4.69, 9.17) is 0 Å². The van der Waals surface area contributed by atoms with Crippen molar-refractivity contribution in [2.24, 2.45) is 0 Å². The molecule has 0 fully saturated rings. The van der Waals surface area contributed by atoms with Crippen LogP contribution in [0.15, 0.2) is 30.6 Å². The number of rotatable bonds is 3. The summed E-state index contributed by atoms with van der Waals surface area (Å²) in [4.78, 5) is 31.6. The zero-order chi connectivity index (χ0) is 17.8. The number of carbonyl (C=O) groups is 2. The smallest absolute Gasteiger partial charge is 0.319 e. The summed E-state index contributed by atoms with van der Waals surface area (Å²) in [6.45, 7) is 2.37. The minimum atomic E-state index is -0.157. The highest BCUT2D eigenvalue weighted by molar-refractivity contribution is 5.93. The summed E-state index contributed by atoms with van der Waals surface area (Å²) >= 11 is 0. The molecule has 0 saturated carbocycles. The molecule has 0 bridgehead atoms. The fraction of sp³-hybridized carbons (Fsp3) is 0.412. The van der Waals surface area contributed by atoms with Gasteiger partial charge in [0.2, 0.25) is 0 Å². The molecule has 8 heteroatoms. The van der Waals surface area contributed by atoms with Gasteiger partial charge in [-0.05, 0) is 24.6 Å². The van der Waals surface area contributed by atoms with Crippen LogP contribution >= 0.6 is 0 Å². The van der Waals surface area contributed by atoms with Crippen molar-refractivity contribution in [3.8, 4) is 0 Å². The monoisotopic (exact) mass is 342 g/mol. The van der Waals surface area contributed by atoms with E-state index in [2.05, 4.69) is 15.4 Å². The first kappa shape index (κ1) is 16.9. The molecule has 0 spiro atoms. The molecule has 1 N–H and O–H groups in total. The fourth-order valence-electron chi connectivity index (χ4n) is 2.83. The van der Waals surface area contributed by atoms with Gasteiger partial charge in [0.15, 0.2) is 0 Å². The fourth-order valence-corrected chi connectivity index (χ4v) is 2.83. The molecular formula is C17H22N6O2. The third kappa shape index (κ3) is 3.96. The first-order valence-electron chi connectivity index (χ1n) is 8.24. The quantitative estimate of drug-likeness (QED) is 0.905. The molecule has 3 heterocycles. The molecule has 0 unspecified atom stereocenters. The Morgan fingerprint density at radius 2 is 2.00 bits per heavy atom. The molecule has 132 valence electrons. The molecule has 3 rings (SSSR count). The number of urea groups is 1. The maximum atomic E-state index is 12.2. The summed E-state index contributed by atoms with van der Waals surface area (Å²) in [5.74, 6) is -0.157. The highest BCUT2D eigenvalue weighted by Crippen LogP contribution is 2.15. The minimum absolute atomic E-state index is 0.00203. The molecular weight excluding hydrogens is 320 g/mol. The van der Waals surface area contributed by atoms with Gasteiger partial charge in [0.05, 0.1) is 24.5 Å². The van der Waals surface area contributed by atoms with Gasteiger partial charge in [-0.3, -0.25) is 14.5 Å². The molecule has 0 radical (unpaired) electrons. The van der Waals surface area contributed by atoms with Crippen LogP contribution in [0.5, 0.6) is 0 Å². The highest BCUT2D eigenvalue weighted by atomic mass is 16.2. The van der Waals surface area contributed by atoms with Gasteiger partial charge in [-0.25, -0.2) is 4.79 Å². The minimum Gasteiger partial charge on any atom is -0.346 e. The van der Waals surface area contributed by atoms with Gasteiger partial charge in [-0.1, -0.05) is 0 Å². The predicted octanol–water partition coefficient (Wildman–Crippen LogP) is 1.10. The van der Waals surface area contributed by atoms with E-state index in [1.807, 2.05) is 15.6 Å². The van der Waals surface area contributed by atoms with Crippen LogP contribution < -0.4 is 5.32 Å². The lowest BCUT2D eigenvalue weighted by Crippen LogP contribution is -2.38. The standard InChI is InChI=1S/C17H22N6O2/c1-21(2)17(25)22-8-3-9-23-15(12-22)10-14(20-23)11-19-16(24)13-4-6-18-7-5-13/h4-7,10H,3,8-9,11-12H2,1-2H3,(H,19,24). The summed E-state index contributed by atoms with van der Waals surface area (Å²) in [5, 5.41) is 7.41. The largest absolute Gasteiger partial charge is 0.346 e. The van der Waals surface area contributed by atoms with Crippen molar-refractivity contribution in [2.75, 3.05) is 20.6 Å².